The molecule has 0 amide bonds. The first kappa shape index (κ1) is 11.9. The molecule has 0 bridgehead atoms. The van der Waals surface area contributed by atoms with Gasteiger partial charge < -0.3 is 15.2 Å². The third-order valence-electron chi connectivity index (χ3n) is 1.40. The lowest BCUT2D eigenvalue weighted by atomic mass is 10.1. The van der Waals surface area contributed by atoms with E-state index in [1.165, 1.54) is 0 Å². The van der Waals surface area contributed by atoms with Gasteiger partial charge in [0.2, 0.25) is 0 Å². The summed E-state index contributed by atoms with van der Waals surface area (Å²) >= 11 is 0. The van der Waals surface area contributed by atoms with E-state index in [4.69, 9.17) is 4.74 Å². The van der Waals surface area contributed by atoms with Crippen LogP contribution in [-0.4, -0.2) is 37.0 Å². The third-order valence-corrected chi connectivity index (χ3v) is 1.40. The van der Waals surface area contributed by atoms with Crippen LogP contribution in [-0.2, 0) is 4.74 Å². The topological polar surface area (TPSA) is 41.5 Å². The minimum Gasteiger partial charge on any atom is -0.389 e. The van der Waals surface area contributed by atoms with E-state index in [9.17, 15) is 5.11 Å². The first-order chi connectivity index (χ1) is 5.56. The van der Waals surface area contributed by atoms with Crippen molar-refractivity contribution in [2.75, 3.05) is 26.3 Å². The molecule has 74 valence electrons. The molecule has 3 heteroatoms. The van der Waals surface area contributed by atoms with Gasteiger partial charge in [-0.25, -0.2) is 0 Å². The Morgan fingerprint density at radius 1 is 1.42 bits per heavy atom. The highest BCUT2D eigenvalue weighted by Gasteiger charge is 2.10. The monoisotopic (exact) mass is 175 g/mol. The lowest BCUT2D eigenvalue weighted by Crippen LogP contribution is -2.35. The molecular weight excluding hydrogens is 154 g/mol. The molecule has 0 saturated heterocycles. The van der Waals surface area contributed by atoms with E-state index >= 15 is 0 Å². The highest BCUT2D eigenvalue weighted by atomic mass is 16.5. The van der Waals surface area contributed by atoms with Crippen molar-refractivity contribution in [1.29, 1.82) is 0 Å². The molecule has 3 nitrogen and oxygen atoms in total. The maximum atomic E-state index is 9.33. The Morgan fingerprint density at radius 3 is 2.58 bits per heavy atom. The molecule has 0 aromatic heterocycles. The second kappa shape index (κ2) is 6.40. The molecule has 0 heterocycles. The van der Waals surface area contributed by atoms with Crippen LogP contribution >= 0.6 is 0 Å². The molecular formula is C9H21NO2. The fourth-order valence-electron chi connectivity index (χ4n) is 0.838. The summed E-state index contributed by atoms with van der Waals surface area (Å²) in [5, 5.41) is 12.5. The normalized spacial score (nSPS) is 12.0. The van der Waals surface area contributed by atoms with Crippen molar-refractivity contribution in [3.63, 3.8) is 0 Å². The van der Waals surface area contributed by atoms with Gasteiger partial charge in [-0.3, -0.25) is 0 Å². The summed E-state index contributed by atoms with van der Waals surface area (Å²) in [5.74, 6) is 0. The Labute approximate surface area is 75.1 Å². The lowest BCUT2D eigenvalue weighted by molar-refractivity contribution is 0.0783. The van der Waals surface area contributed by atoms with Crippen LogP contribution in [0.15, 0.2) is 0 Å². The van der Waals surface area contributed by atoms with Crippen molar-refractivity contribution < 1.29 is 9.84 Å². The zero-order valence-electron chi connectivity index (χ0n) is 8.39. The van der Waals surface area contributed by atoms with Crippen molar-refractivity contribution in [3.8, 4) is 0 Å². The van der Waals surface area contributed by atoms with Gasteiger partial charge in [0, 0.05) is 19.8 Å². The number of nitrogens with one attached hydrogen (secondary N) is 1. The van der Waals surface area contributed by atoms with Crippen LogP contribution in [0.5, 0.6) is 0 Å². The van der Waals surface area contributed by atoms with E-state index in [1.807, 2.05) is 6.92 Å². The van der Waals surface area contributed by atoms with Crippen molar-refractivity contribution in [2.45, 2.75) is 32.8 Å². The smallest absolute Gasteiger partial charge is 0.0715 e. The second-order valence-corrected chi connectivity index (χ2v) is 3.54. The van der Waals surface area contributed by atoms with Gasteiger partial charge in [-0.1, -0.05) is 0 Å². The number of rotatable bonds is 7. The summed E-state index contributed by atoms with van der Waals surface area (Å²) in [6.45, 7) is 8.71. The molecule has 0 aromatic rings. The molecule has 12 heavy (non-hydrogen) atoms. The Hall–Kier alpha value is -0.120. The van der Waals surface area contributed by atoms with Gasteiger partial charge in [0.25, 0.3) is 0 Å². The highest BCUT2D eigenvalue weighted by Crippen LogP contribution is 1.96. The molecule has 0 aliphatic rings. The van der Waals surface area contributed by atoms with Crippen molar-refractivity contribution in [3.05, 3.63) is 0 Å². The molecule has 0 aliphatic heterocycles. The van der Waals surface area contributed by atoms with E-state index in [0.29, 0.717) is 6.54 Å². The molecule has 0 fully saturated rings. The molecule has 0 spiro atoms. The van der Waals surface area contributed by atoms with E-state index in [-0.39, 0.29) is 0 Å². The largest absolute Gasteiger partial charge is 0.389 e. The van der Waals surface area contributed by atoms with Crippen LogP contribution in [0.2, 0.25) is 0 Å². The summed E-state index contributed by atoms with van der Waals surface area (Å²) in [5.41, 5.74) is -0.606. The molecule has 0 atom stereocenters. The average Bonchev–Trinajstić information content (AvgIpc) is 1.94. The van der Waals surface area contributed by atoms with Crippen molar-refractivity contribution >= 4 is 0 Å². The number of ether oxygens (including phenoxy) is 1. The standard InChI is InChI=1S/C9H21NO2/c1-4-12-7-5-6-10-8-9(2,3)11/h10-11H,4-8H2,1-3H3. The molecule has 0 aromatic carbocycles. The summed E-state index contributed by atoms with van der Waals surface area (Å²) in [6, 6.07) is 0. The fourth-order valence-corrected chi connectivity index (χ4v) is 0.838. The number of hydrogen-bond donors (Lipinski definition) is 2. The zero-order valence-corrected chi connectivity index (χ0v) is 8.39. The minimum atomic E-state index is -0.606. The average molecular weight is 175 g/mol. The van der Waals surface area contributed by atoms with Crippen LogP contribution in [0.1, 0.15) is 27.2 Å². The fraction of sp³-hybridized carbons (Fsp3) is 1.00. The summed E-state index contributed by atoms with van der Waals surface area (Å²) in [4.78, 5) is 0. The first-order valence-electron chi connectivity index (χ1n) is 4.57. The maximum absolute atomic E-state index is 9.33. The minimum absolute atomic E-state index is 0.606. The molecule has 0 saturated carbocycles. The van der Waals surface area contributed by atoms with Crippen LogP contribution in [0, 0.1) is 0 Å². The Kier molecular flexibility index (Phi) is 6.34. The van der Waals surface area contributed by atoms with E-state index in [2.05, 4.69) is 5.32 Å². The van der Waals surface area contributed by atoms with E-state index in [0.717, 1.165) is 26.2 Å². The van der Waals surface area contributed by atoms with Gasteiger partial charge in [0.15, 0.2) is 0 Å². The summed E-state index contributed by atoms with van der Waals surface area (Å²) < 4.78 is 5.16. The quantitative estimate of drug-likeness (QED) is 0.562. The van der Waals surface area contributed by atoms with Crippen molar-refractivity contribution in [2.24, 2.45) is 0 Å². The van der Waals surface area contributed by atoms with Crippen molar-refractivity contribution in [1.82, 2.24) is 5.32 Å². The van der Waals surface area contributed by atoms with Gasteiger partial charge >= 0.3 is 0 Å². The van der Waals surface area contributed by atoms with Crippen LogP contribution in [0.4, 0.5) is 0 Å². The predicted molar refractivity (Wildman–Crippen MR) is 50.3 cm³/mol. The zero-order chi connectivity index (χ0) is 9.45. The predicted octanol–water partition coefficient (Wildman–Crippen LogP) is 0.774. The maximum Gasteiger partial charge on any atom is 0.0715 e. The van der Waals surface area contributed by atoms with E-state index in [1.54, 1.807) is 13.8 Å². The van der Waals surface area contributed by atoms with Gasteiger partial charge in [-0.05, 0) is 33.7 Å². The van der Waals surface area contributed by atoms with Crippen LogP contribution in [0.25, 0.3) is 0 Å². The molecule has 0 aliphatic carbocycles. The summed E-state index contributed by atoms with van der Waals surface area (Å²) in [7, 11) is 0. The Bertz CT molecular complexity index is 99.2. The molecule has 0 unspecified atom stereocenters. The van der Waals surface area contributed by atoms with Gasteiger partial charge in [0.05, 0.1) is 5.60 Å². The summed E-state index contributed by atoms with van der Waals surface area (Å²) in [6.07, 6.45) is 1.00. The number of aliphatic hydroxyl groups is 1. The third kappa shape index (κ3) is 9.88. The van der Waals surface area contributed by atoms with Crippen LogP contribution < -0.4 is 5.32 Å². The number of hydrogen-bond acceptors (Lipinski definition) is 3. The SMILES string of the molecule is CCOCCCNCC(C)(C)O. The Balaban J connectivity index is 3.01. The lowest BCUT2D eigenvalue weighted by Gasteiger charge is -2.17. The van der Waals surface area contributed by atoms with Gasteiger partial charge in [0.1, 0.15) is 0 Å². The molecule has 0 rings (SSSR count). The van der Waals surface area contributed by atoms with Crippen LogP contribution in [0.3, 0.4) is 0 Å². The van der Waals surface area contributed by atoms with Gasteiger partial charge in [-0.15, -0.1) is 0 Å². The highest BCUT2D eigenvalue weighted by molar-refractivity contribution is 4.67. The van der Waals surface area contributed by atoms with E-state index < -0.39 is 5.60 Å². The molecule has 0 radical (unpaired) electrons. The second-order valence-electron chi connectivity index (χ2n) is 3.54. The van der Waals surface area contributed by atoms with Gasteiger partial charge in [-0.2, -0.15) is 0 Å². The molecule has 2 N–H and O–H groups in total. The first-order valence-corrected chi connectivity index (χ1v) is 4.57. The Morgan fingerprint density at radius 2 is 2.08 bits per heavy atom.